The summed E-state index contributed by atoms with van der Waals surface area (Å²) < 4.78 is 12.2. The second-order valence-electron chi connectivity index (χ2n) is 22.5. The highest BCUT2D eigenvalue weighted by Gasteiger charge is 2.39. The molecule has 3 aliphatic rings. The van der Waals surface area contributed by atoms with Crippen LogP contribution in [0.25, 0.3) is 0 Å². The molecule has 2 amide bonds. The van der Waals surface area contributed by atoms with Crippen molar-refractivity contribution in [1.29, 1.82) is 0 Å². The van der Waals surface area contributed by atoms with E-state index in [4.69, 9.17) is 9.47 Å². The van der Waals surface area contributed by atoms with Crippen molar-refractivity contribution in [3.8, 4) is 0 Å². The van der Waals surface area contributed by atoms with Crippen LogP contribution >= 0.6 is 0 Å². The van der Waals surface area contributed by atoms with Gasteiger partial charge in [-0.3, -0.25) is 14.2 Å². The molecule has 0 saturated carbocycles. The number of aliphatic hydroxyl groups is 1. The van der Waals surface area contributed by atoms with Crippen molar-refractivity contribution in [2.24, 2.45) is 17.8 Å². The molecule has 0 spiro atoms. The molecule has 1 N–H and O–H groups in total. The van der Waals surface area contributed by atoms with Gasteiger partial charge in [-0.2, -0.15) is 0 Å². The van der Waals surface area contributed by atoms with E-state index in [9.17, 15) is 14.7 Å². The number of unbranched alkanes of at least 4 members (excludes halogenated alkanes) is 31. The van der Waals surface area contributed by atoms with Crippen LogP contribution in [-0.4, -0.2) is 118 Å². The van der Waals surface area contributed by atoms with Crippen molar-refractivity contribution in [3.05, 3.63) is 24.3 Å². The number of ether oxygens (including phenoxy) is 2. The molecule has 1 heterocycles. The Bertz CT molecular complexity index is 1240. The van der Waals surface area contributed by atoms with Crippen molar-refractivity contribution in [2.45, 2.75) is 264 Å². The van der Waals surface area contributed by atoms with Crippen LogP contribution in [0.3, 0.4) is 0 Å². The van der Waals surface area contributed by atoms with E-state index in [-0.39, 0.29) is 24.3 Å². The molecule has 1 aliphatic heterocycles. The summed E-state index contributed by atoms with van der Waals surface area (Å²) in [6.07, 6.45) is 60.1. The number of hydrogen-bond donors (Lipinski definition) is 1. The van der Waals surface area contributed by atoms with Crippen LogP contribution in [0.2, 0.25) is 0 Å². The molecule has 0 aromatic heterocycles. The van der Waals surface area contributed by atoms with Gasteiger partial charge in [-0.05, 0) is 63.8 Å². The number of carbonyl (C=O) groups is 2. The van der Waals surface area contributed by atoms with Crippen LogP contribution in [0.1, 0.15) is 258 Å². The number of allylic oxidation sites excluding steroid dienone is 3. The number of rotatable bonds is 45. The van der Waals surface area contributed by atoms with Crippen LogP contribution < -0.4 is 0 Å². The standard InChI is InChI=1S/C35H67N2O3.C27H51NO2/c1-3-4-5-6-7-8-9-10-11-12-13-14-15-16-17-21-28-37(2,33-38)35-24-19-18-23-34(35)32-40-29-22-20-25-36-26-30-39-31-27-36;1-3-4-5-6-7-8-9-10-11-12-13-14-15-16-17-20-23-28(2)27(30)26-22-19-18-21-25(26)24-29/h18-19,33-35H,3-17,20-32H2,1-2H3;18-19,25-26,29H,3-17,20-24H2,1-2H3/q+1;. The second kappa shape index (κ2) is 46.0. The first-order valence-electron chi connectivity index (χ1n) is 30.7. The molecule has 0 aromatic rings. The first-order valence-corrected chi connectivity index (χ1v) is 30.7. The Morgan fingerprint density at radius 2 is 1.03 bits per heavy atom. The number of amides is 2. The third kappa shape index (κ3) is 32.6. The molecule has 5 unspecified atom stereocenters. The van der Waals surface area contributed by atoms with E-state index in [0.29, 0.717) is 16.4 Å². The maximum Gasteiger partial charge on any atom is 0.301 e. The monoisotopic (exact) mass is 985 g/mol. The Morgan fingerprint density at radius 3 is 1.50 bits per heavy atom. The molecule has 2 aliphatic carbocycles. The molecule has 0 aromatic carbocycles. The van der Waals surface area contributed by atoms with Gasteiger partial charge in [-0.15, -0.1) is 0 Å². The summed E-state index contributed by atoms with van der Waals surface area (Å²) in [5.74, 6) is 0.752. The Labute approximate surface area is 434 Å². The number of morpholine rings is 1. The minimum absolute atomic E-state index is 0.0222. The smallest absolute Gasteiger partial charge is 0.301 e. The molecule has 1 fully saturated rings. The predicted molar refractivity (Wildman–Crippen MR) is 299 cm³/mol. The highest BCUT2D eigenvalue weighted by molar-refractivity contribution is 5.79. The zero-order chi connectivity index (χ0) is 50.4. The molecular formula is C62H118N3O5+. The minimum atomic E-state index is -0.0222. The Kier molecular flexibility index (Phi) is 42.4. The lowest BCUT2D eigenvalue weighted by molar-refractivity contribution is -0.856. The fourth-order valence-electron chi connectivity index (χ4n) is 11.3. The van der Waals surface area contributed by atoms with Gasteiger partial charge in [0.15, 0.2) is 0 Å². The minimum Gasteiger partial charge on any atom is -0.396 e. The van der Waals surface area contributed by atoms with Gasteiger partial charge in [0.05, 0.1) is 33.4 Å². The number of hydrogen-bond acceptors (Lipinski definition) is 6. The van der Waals surface area contributed by atoms with Crippen molar-refractivity contribution >= 4 is 12.3 Å². The fraction of sp³-hybridized carbons (Fsp3) is 0.903. The molecule has 0 bridgehead atoms. The molecule has 70 heavy (non-hydrogen) atoms. The molecule has 8 nitrogen and oxygen atoms in total. The van der Waals surface area contributed by atoms with E-state index < -0.39 is 0 Å². The van der Waals surface area contributed by atoms with E-state index in [0.717, 1.165) is 104 Å². The number of quaternary nitrogens is 1. The van der Waals surface area contributed by atoms with E-state index >= 15 is 0 Å². The number of nitrogens with zero attached hydrogens (tertiary/aromatic N) is 3. The van der Waals surface area contributed by atoms with Gasteiger partial charge in [0.25, 0.3) is 0 Å². The van der Waals surface area contributed by atoms with Gasteiger partial charge in [0, 0.05) is 58.2 Å². The third-order valence-electron chi connectivity index (χ3n) is 16.3. The summed E-state index contributed by atoms with van der Waals surface area (Å²) in [4.78, 5) is 29.4. The lowest BCUT2D eigenvalue weighted by Crippen LogP contribution is -2.56. The Hall–Kier alpha value is -1.58. The van der Waals surface area contributed by atoms with Crippen LogP contribution in [-0.2, 0) is 19.1 Å². The molecule has 5 atom stereocenters. The third-order valence-corrected chi connectivity index (χ3v) is 16.3. The van der Waals surface area contributed by atoms with Crippen molar-refractivity contribution < 1.29 is 28.7 Å². The van der Waals surface area contributed by atoms with Crippen LogP contribution in [0.15, 0.2) is 24.3 Å². The average molecular weight is 986 g/mol. The molecule has 410 valence electrons. The quantitative estimate of drug-likeness (QED) is 0.0283. The van der Waals surface area contributed by atoms with Gasteiger partial charge in [0.1, 0.15) is 6.04 Å². The summed E-state index contributed by atoms with van der Waals surface area (Å²) in [7, 11) is 4.09. The van der Waals surface area contributed by atoms with Crippen molar-refractivity contribution in [2.75, 3.05) is 79.9 Å². The largest absolute Gasteiger partial charge is 0.396 e. The zero-order valence-electron chi connectivity index (χ0n) is 47.1. The van der Waals surface area contributed by atoms with Gasteiger partial charge >= 0.3 is 6.41 Å². The van der Waals surface area contributed by atoms with E-state index in [1.165, 1.54) is 205 Å². The topological polar surface area (TPSA) is 79.3 Å². The van der Waals surface area contributed by atoms with E-state index in [2.05, 4.69) is 50.1 Å². The molecule has 0 radical (unpaired) electrons. The summed E-state index contributed by atoms with van der Waals surface area (Å²) >= 11 is 0. The normalized spacial score (nSPS) is 20.2. The van der Waals surface area contributed by atoms with E-state index in [1.54, 1.807) is 0 Å². The maximum absolute atomic E-state index is 12.6. The summed E-state index contributed by atoms with van der Waals surface area (Å²) in [5, 5.41) is 9.51. The van der Waals surface area contributed by atoms with Crippen LogP contribution in [0.4, 0.5) is 0 Å². The SMILES string of the molecule is CCCCCCCCCCCCCCCCCCN(C)C(=O)C1CC=CCC1CO.CCCCCCCCCCCCCCCCCC[N+](C)(C=O)C1CC=CCC1COCCCCN1CCOCC1. The first kappa shape index (κ1) is 64.5. The lowest BCUT2D eigenvalue weighted by atomic mass is 9.82. The van der Waals surface area contributed by atoms with Gasteiger partial charge in [-0.25, -0.2) is 4.79 Å². The van der Waals surface area contributed by atoms with Crippen LogP contribution in [0, 0.1) is 17.8 Å². The highest BCUT2D eigenvalue weighted by Crippen LogP contribution is 2.30. The Balaban J connectivity index is 0.000000501. The zero-order valence-corrected chi connectivity index (χ0v) is 47.1. The lowest BCUT2D eigenvalue weighted by Gasteiger charge is -2.41. The van der Waals surface area contributed by atoms with Gasteiger partial charge < -0.3 is 19.5 Å². The maximum atomic E-state index is 12.6. The summed E-state index contributed by atoms with van der Waals surface area (Å²) in [6, 6.07) is 0.354. The van der Waals surface area contributed by atoms with Gasteiger partial charge in [0.2, 0.25) is 5.91 Å². The van der Waals surface area contributed by atoms with Crippen LogP contribution in [0.5, 0.6) is 0 Å². The second-order valence-corrected chi connectivity index (χ2v) is 22.5. The molecule has 3 rings (SSSR count). The first-order chi connectivity index (χ1) is 34.4. The predicted octanol–water partition coefficient (Wildman–Crippen LogP) is 15.6. The molecule has 8 heteroatoms. The molecule has 1 saturated heterocycles. The fourth-order valence-corrected chi connectivity index (χ4v) is 11.3. The number of carbonyl (C=O) groups excluding carboxylic acids is 2. The van der Waals surface area contributed by atoms with Crippen molar-refractivity contribution in [1.82, 2.24) is 9.80 Å². The van der Waals surface area contributed by atoms with E-state index in [1.807, 2.05) is 11.9 Å². The van der Waals surface area contributed by atoms with Gasteiger partial charge in [-0.1, -0.05) is 224 Å². The van der Waals surface area contributed by atoms with Crippen molar-refractivity contribution in [3.63, 3.8) is 0 Å². The highest BCUT2D eigenvalue weighted by atomic mass is 16.5. The summed E-state index contributed by atoms with van der Waals surface area (Å²) in [6.45, 7) is 13.2. The Morgan fingerprint density at radius 1 is 0.600 bits per heavy atom. The average Bonchev–Trinajstić information content (AvgIpc) is 3.39. The summed E-state index contributed by atoms with van der Waals surface area (Å²) in [5.41, 5.74) is 0. The number of aliphatic hydroxyl groups excluding tert-OH is 1. The molecular weight excluding hydrogens is 867 g/mol.